The fourth-order valence-electron chi connectivity index (χ4n) is 10.3. The number of hydrogen-bond donors (Lipinski definition) is 2. The van der Waals surface area contributed by atoms with Gasteiger partial charge in [-0.25, -0.2) is 22.0 Å². The van der Waals surface area contributed by atoms with E-state index < -0.39 is 0 Å². The number of aliphatic hydroxyl groups excluding tert-OH is 1. The lowest BCUT2D eigenvalue weighted by Gasteiger charge is -2.04. The molecule has 0 aliphatic carbocycles. The molecule has 506 valence electrons. The summed E-state index contributed by atoms with van der Waals surface area (Å²) >= 11 is 10.4. The van der Waals surface area contributed by atoms with E-state index in [1.807, 2.05) is 116 Å². The number of pyridine rings is 5. The molecule has 0 amide bonds. The summed E-state index contributed by atoms with van der Waals surface area (Å²) in [7, 11) is 0. The maximum absolute atomic E-state index is 13.2. The summed E-state index contributed by atoms with van der Waals surface area (Å²) in [5.74, 6) is 16.7. The second-order valence-corrected chi connectivity index (χ2v) is 28.9. The highest BCUT2D eigenvalue weighted by Crippen LogP contribution is 2.44. The van der Waals surface area contributed by atoms with E-state index in [0.717, 1.165) is 123 Å². The van der Waals surface area contributed by atoms with Crippen molar-refractivity contribution in [3.63, 3.8) is 0 Å². The Bertz CT molecular complexity index is 5050. The highest BCUT2D eigenvalue weighted by Gasteiger charge is 2.17. The Hall–Kier alpha value is -10.7. The van der Waals surface area contributed by atoms with Crippen LogP contribution in [0.3, 0.4) is 0 Å². The zero-order chi connectivity index (χ0) is 71.7. The Morgan fingerprint density at radius 3 is 0.903 bits per heavy atom. The summed E-state index contributed by atoms with van der Waals surface area (Å²) in [5.41, 5.74) is 21.4. The highest BCUT2D eigenvalue weighted by molar-refractivity contribution is 14.1. The Morgan fingerprint density at radius 1 is 0.330 bits per heavy atom. The highest BCUT2D eigenvalue weighted by atomic mass is 127. The summed E-state index contributed by atoms with van der Waals surface area (Å²) < 4.78 is 66.7. The topological polar surface area (TPSA) is 111 Å². The molecule has 0 aliphatic rings. The Balaban J connectivity index is 0.000000129. The van der Waals surface area contributed by atoms with E-state index in [4.69, 9.17) is 10.8 Å². The fourth-order valence-corrected chi connectivity index (χ4v) is 16.3. The number of nitrogens with two attached hydrogens (primary N) is 1. The quantitative estimate of drug-likeness (QED) is 0.0797. The monoisotopic (exact) mass is 1560 g/mol. The van der Waals surface area contributed by atoms with E-state index in [2.05, 4.69) is 107 Å². The summed E-state index contributed by atoms with van der Waals surface area (Å²) in [5, 5.41) is 10.9. The van der Waals surface area contributed by atoms with Gasteiger partial charge in [-0.2, -0.15) is 0 Å². The molecule has 0 bridgehead atoms. The third-order valence-electron chi connectivity index (χ3n) is 15.0. The molecule has 5 aromatic carbocycles. The SMILES string of the molecule is CCC#Cc1cc(-c2ccncc2)c(-c2ccc(F)cc2)s1.Fc1ccc(-c2sc(I)cc2-c2ccncc2)cc1.Fc1ccc(-c2sccc2-c2ccncc2)cc1.NCC#Cc1cc(-c2ccncc2)c(-c2ccc(F)cc2)s1.OCC#Cc1cc(-c2ccncc2)c(-c2ccc(F)cc2)s1. The van der Waals surface area contributed by atoms with Crippen LogP contribution in [0.25, 0.3) is 108 Å². The minimum Gasteiger partial charge on any atom is -0.384 e. The van der Waals surface area contributed by atoms with Gasteiger partial charge in [0.15, 0.2) is 0 Å². The first kappa shape index (κ1) is 73.5. The van der Waals surface area contributed by atoms with Crippen molar-refractivity contribution in [2.45, 2.75) is 13.3 Å². The van der Waals surface area contributed by atoms with Crippen molar-refractivity contribution in [3.05, 3.63) is 326 Å². The maximum Gasteiger partial charge on any atom is 0.123 e. The second kappa shape index (κ2) is 37.3. The van der Waals surface area contributed by atoms with Gasteiger partial charge in [0.1, 0.15) is 35.7 Å². The molecule has 0 atom stereocenters. The lowest BCUT2D eigenvalue weighted by atomic mass is 10.0. The Labute approximate surface area is 627 Å². The van der Waals surface area contributed by atoms with E-state index in [-0.39, 0.29) is 35.7 Å². The normalized spacial score (nSPS) is 10.3. The molecule has 18 heteroatoms. The molecule has 10 heterocycles. The lowest BCUT2D eigenvalue weighted by Crippen LogP contribution is -1.92. The van der Waals surface area contributed by atoms with E-state index in [1.165, 1.54) is 80.4 Å². The number of aliphatic hydroxyl groups is 1. The van der Waals surface area contributed by atoms with E-state index in [9.17, 15) is 22.0 Å². The van der Waals surface area contributed by atoms with Crippen molar-refractivity contribution in [1.82, 2.24) is 24.9 Å². The molecule has 3 N–H and O–H groups in total. The van der Waals surface area contributed by atoms with E-state index in [0.29, 0.717) is 6.54 Å². The predicted octanol–water partition coefficient (Wildman–Crippen LogP) is 23.1. The number of halogens is 6. The van der Waals surface area contributed by atoms with Crippen LogP contribution in [0.1, 0.15) is 28.0 Å². The van der Waals surface area contributed by atoms with Crippen LogP contribution in [0.5, 0.6) is 0 Å². The first-order valence-corrected chi connectivity index (χ1v) is 37.0. The van der Waals surface area contributed by atoms with Gasteiger partial charge in [-0.15, -0.1) is 56.7 Å². The third-order valence-corrected chi connectivity index (χ3v) is 21.3. The van der Waals surface area contributed by atoms with Crippen LogP contribution in [0.15, 0.2) is 280 Å². The van der Waals surface area contributed by atoms with Crippen molar-refractivity contribution in [2.75, 3.05) is 13.2 Å². The van der Waals surface area contributed by atoms with Crippen molar-refractivity contribution < 1.29 is 27.1 Å². The van der Waals surface area contributed by atoms with Crippen LogP contribution in [-0.2, 0) is 0 Å². The van der Waals surface area contributed by atoms with Crippen LogP contribution < -0.4 is 5.73 Å². The number of thiophene rings is 5. The average Bonchev–Trinajstić information content (AvgIpc) is 1.75. The number of hydrogen-bond acceptors (Lipinski definition) is 12. The number of rotatable bonds is 10. The predicted molar refractivity (Wildman–Crippen MR) is 425 cm³/mol. The molecule has 0 spiro atoms. The average molecular weight is 1560 g/mol. The van der Waals surface area contributed by atoms with Crippen LogP contribution in [0, 0.1) is 67.5 Å². The fraction of sp³-hybridized carbons (Fsp3) is 0.0471. The van der Waals surface area contributed by atoms with Gasteiger partial charge in [-0.3, -0.25) is 24.9 Å². The zero-order valence-electron chi connectivity index (χ0n) is 54.7. The van der Waals surface area contributed by atoms with Crippen molar-refractivity contribution in [1.29, 1.82) is 0 Å². The number of benzene rings is 5. The molecule has 0 fully saturated rings. The van der Waals surface area contributed by atoms with Gasteiger partial charge in [0.25, 0.3) is 0 Å². The van der Waals surface area contributed by atoms with Gasteiger partial charge in [-0.1, -0.05) is 103 Å². The molecule has 0 unspecified atom stereocenters. The molecular formula is C85H58F5IN6OS5. The van der Waals surface area contributed by atoms with Gasteiger partial charge in [-0.05, 0) is 235 Å². The summed E-state index contributed by atoms with van der Waals surface area (Å²) in [4.78, 5) is 28.5. The number of aromatic nitrogens is 5. The van der Waals surface area contributed by atoms with Crippen molar-refractivity contribution in [3.8, 4) is 143 Å². The minimum atomic E-state index is -0.258. The van der Waals surface area contributed by atoms with Crippen molar-refractivity contribution in [2.24, 2.45) is 5.73 Å². The van der Waals surface area contributed by atoms with Gasteiger partial charge >= 0.3 is 0 Å². The number of nitrogens with zero attached hydrogens (tertiary/aromatic N) is 5. The maximum atomic E-state index is 13.2. The molecule has 0 saturated heterocycles. The third kappa shape index (κ3) is 20.3. The molecule has 15 rings (SSSR count). The molecule has 0 saturated carbocycles. The van der Waals surface area contributed by atoms with E-state index in [1.54, 1.807) is 132 Å². The summed E-state index contributed by atoms with van der Waals surface area (Å²) in [6.45, 7) is 2.19. The van der Waals surface area contributed by atoms with Crippen LogP contribution in [0.2, 0.25) is 0 Å². The standard InChI is InChI=1S/C19H14FNS.C18H13FN2S.C18H12FNOS.C15H9FINS.C15H10FNS/c1-2-3-4-17-13-18(14-9-11-21-12-10-14)19(22-17)15-5-7-16(20)8-6-15;19-15-5-3-14(4-6-15)18-17(13-7-10-21-11-8-13)12-16(22-18)2-1-9-20;19-15-5-3-14(4-6-15)18-17(13-7-9-20-10-8-13)12-16(22-18)2-1-11-21;16-12-3-1-11(2-4-12)15-13(9-14(17)19-15)10-5-7-18-8-6-10;16-13-3-1-12(2-4-13)15-14(7-10-18-15)11-5-8-17-9-6-11/h5-13H,2H2,1H3;3-8,10-12H,9,20H2;3-10,12,21H,11H2;1-9H;1-10H. The molecule has 103 heavy (non-hydrogen) atoms. The molecule has 10 aromatic heterocycles. The molecule has 0 aliphatic heterocycles. The zero-order valence-corrected chi connectivity index (χ0v) is 61.0. The smallest absolute Gasteiger partial charge is 0.123 e. The van der Waals surface area contributed by atoms with Gasteiger partial charge in [0.2, 0.25) is 0 Å². The summed E-state index contributed by atoms with van der Waals surface area (Å²) in [6, 6.07) is 62.8. The first-order chi connectivity index (χ1) is 50.4. The first-order valence-electron chi connectivity index (χ1n) is 31.8. The molecular weight excluding hydrogens is 1500 g/mol. The van der Waals surface area contributed by atoms with Gasteiger partial charge < -0.3 is 10.8 Å². The van der Waals surface area contributed by atoms with Crippen LogP contribution in [0.4, 0.5) is 22.0 Å². The molecule has 7 nitrogen and oxygen atoms in total. The Kier molecular flexibility index (Phi) is 26.6. The largest absolute Gasteiger partial charge is 0.384 e. The van der Waals surface area contributed by atoms with Crippen LogP contribution in [-0.4, -0.2) is 43.2 Å². The Morgan fingerprint density at radius 2 is 0.602 bits per heavy atom. The van der Waals surface area contributed by atoms with Crippen LogP contribution >= 0.6 is 79.3 Å². The second-order valence-electron chi connectivity index (χ2n) is 21.9. The lowest BCUT2D eigenvalue weighted by molar-refractivity contribution is 0.350. The molecule has 15 aromatic rings. The van der Waals surface area contributed by atoms with E-state index >= 15 is 0 Å². The minimum absolute atomic E-state index is 0.172. The molecule has 0 radical (unpaired) electrons. The summed E-state index contributed by atoms with van der Waals surface area (Å²) in [6.07, 6.45) is 18.5. The van der Waals surface area contributed by atoms with Gasteiger partial charge in [0, 0.05) is 121 Å². The van der Waals surface area contributed by atoms with Gasteiger partial charge in [0.05, 0.1) is 24.1 Å². The van der Waals surface area contributed by atoms with Crippen molar-refractivity contribution >= 4 is 79.3 Å².